The van der Waals surface area contributed by atoms with Crippen LogP contribution in [0.25, 0.3) is 0 Å². The molecule has 0 saturated heterocycles. The Bertz CT molecular complexity index is 898. The number of halogens is 3. The number of amides is 1. The van der Waals surface area contributed by atoms with Crippen molar-refractivity contribution in [3.63, 3.8) is 0 Å². The van der Waals surface area contributed by atoms with E-state index in [2.05, 4.69) is 25.9 Å². The third-order valence-electron chi connectivity index (χ3n) is 5.11. The molecule has 1 aliphatic rings. The molecule has 6 nitrogen and oxygen atoms in total. The lowest BCUT2D eigenvalue weighted by Gasteiger charge is -2.26. The van der Waals surface area contributed by atoms with E-state index in [4.69, 9.17) is 0 Å². The van der Waals surface area contributed by atoms with Crippen LogP contribution in [0.4, 0.5) is 30.5 Å². The second-order valence-corrected chi connectivity index (χ2v) is 7.50. The van der Waals surface area contributed by atoms with Crippen LogP contribution in [0.3, 0.4) is 0 Å². The van der Waals surface area contributed by atoms with Crippen LogP contribution in [0.2, 0.25) is 0 Å². The summed E-state index contributed by atoms with van der Waals surface area (Å²) in [5, 5.41) is 8.52. The SMILES string of the molecule is CNC(=O)c1cnc(Nc2cc(C(C)(F)F)ccn2)cc1NC1CCCC1(C)F. The van der Waals surface area contributed by atoms with Gasteiger partial charge in [0.25, 0.3) is 11.8 Å². The fourth-order valence-electron chi connectivity index (χ4n) is 3.40. The highest BCUT2D eigenvalue weighted by Crippen LogP contribution is 2.36. The Kier molecular flexibility index (Phi) is 5.68. The fraction of sp³-hybridized carbons (Fsp3) is 0.450. The average molecular weight is 407 g/mol. The van der Waals surface area contributed by atoms with Crippen molar-refractivity contribution in [2.45, 2.75) is 50.7 Å². The van der Waals surface area contributed by atoms with Crippen LogP contribution < -0.4 is 16.0 Å². The molecular formula is C20H24F3N5O. The third kappa shape index (κ3) is 4.78. The van der Waals surface area contributed by atoms with Crippen molar-refractivity contribution in [1.29, 1.82) is 0 Å². The number of nitrogens with one attached hydrogen (secondary N) is 3. The average Bonchev–Trinajstić information content (AvgIpc) is 2.99. The first-order valence-corrected chi connectivity index (χ1v) is 9.39. The molecule has 2 heterocycles. The Hall–Kier alpha value is -2.84. The highest BCUT2D eigenvalue weighted by atomic mass is 19.3. The first-order chi connectivity index (χ1) is 13.6. The smallest absolute Gasteiger partial charge is 0.270 e. The van der Waals surface area contributed by atoms with Crippen LogP contribution in [0.5, 0.6) is 0 Å². The molecule has 0 aliphatic heterocycles. The van der Waals surface area contributed by atoms with Gasteiger partial charge in [0, 0.05) is 38.0 Å². The summed E-state index contributed by atoms with van der Waals surface area (Å²) >= 11 is 0. The van der Waals surface area contributed by atoms with E-state index in [-0.39, 0.29) is 22.9 Å². The Morgan fingerprint density at radius 1 is 1.28 bits per heavy atom. The largest absolute Gasteiger partial charge is 0.378 e. The van der Waals surface area contributed by atoms with Gasteiger partial charge >= 0.3 is 0 Å². The Labute approximate surface area is 167 Å². The van der Waals surface area contributed by atoms with Gasteiger partial charge in [0.2, 0.25) is 0 Å². The molecule has 0 radical (unpaired) electrons. The molecule has 0 bridgehead atoms. The van der Waals surface area contributed by atoms with Crippen LogP contribution in [-0.2, 0) is 5.92 Å². The summed E-state index contributed by atoms with van der Waals surface area (Å²) in [5.41, 5.74) is -0.897. The third-order valence-corrected chi connectivity index (χ3v) is 5.11. The minimum absolute atomic E-state index is 0.186. The van der Waals surface area contributed by atoms with Crippen molar-refractivity contribution >= 4 is 23.2 Å². The van der Waals surface area contributed by atoms with Crippen molar-refractivity contribution in [3.05, 3.63) is 41.7 Å². The second-order valence-electron chi connectivity index (χ2n) is 7.50. The molecule has 9 heteroatoms. The maximum absolute atomic E-state index is 14.7. The van der Waals surface area contributed by atoms with E-state index in [1.165, 1.54) is 38.5 Å². The molecule has 2 aromatic rings. The zero-order valence-electron chi connectivity index (χ0n) is 16.5. The first kappa shape index (κ1) is 20.9. The number of carbonyl (C=O) groups is 1. The number of nitrogens with zero attached hydrogens (tertiary/aromatic N) is 2. The molecular weight excluding hydrogens is 383 g/mol. The van der Waals surface area contributed by atoms with E-state index >= 15 is 0 Å². The summed E-state index contributed by atoms with van der Waals surface area (Å²) in [6.45, 7) is 2.35. The topological polar surface area (TPSA) is 78.9 Å². The molecule has 2 unspecified atom stereocenters. The van der Waals surface area contributed by atoms with E-state index in [0.717, 1.165) is 13.3 Å². The van der Waals surface area contributed by atoms with Gasteiger partial charge in [-0.1, -0.05) is 0 Å². The second kappa shape index (κ2) is 7.88. The molecule has 1 fully saturated rings. The molecule has 0 spiro atoms. The van der Waals surface area contributed by atoms with E-state index in [1.54, 1.807) is 6.07 Å². The predicted molar refractivity (Wildman–Crippen MR) is 105 cm³/mol. The lowest BCUT2D eigenvalue weighted by Crippen LogP contribution is -2.36. The van der Waals surface area contributed by atoms with E-state index in [0.29, 0.717) is 24.3 Å². The van der Waals surface area contributed by atoms with Crippen molar-refractivity contribution in [3.8, 4) is 0 Å². The van der Waals surface area contributed by atoms with Gasteiger partial charge in [0.05, 0.1) is 17.3 Å². The summed E-state index contributed by atoms with van der Waals surface area (Å²) in [4.78, 5) is 20.4. The molecule has 3 N–H and O–H groups in total. The number of alkyl halides is 3. The quantitative estimate of drug-likeness (QED) is 0.662. The molecule has 156 valence electrons. The molecule has 2 atom stereocenters. The molecule has 3 rings (SSSR count). The Morgan fingerprint density at radius 2 is 2.00 bits per heavy atom. The first-order valence-electron chi connectivity index (χ1n) is 9.39. The highest BCUT2D eigenvalue weighted by Gasteiger charge is 2.39. The number of hydrogen-bond acceptors (Lipinski definition) is 5. The molecule has 1 saturated carbocycles. The standard InChI is InChI=1S/C20H24F3N5O/c1-19(21)7-4-5-15(19)27-14-10-17(26-11-13(14)18(29)24-3)28-16-9-12(6-8-25-16)20(2,22)23/h6,8-11,15H,4-5,7H2,1-3H3,(H,24,29)(H2,25,26,27,28). The number of rotatable bonds is 6. The number of carbonyl (C=O) groups excluding carboxylic acids is 1. The molecule has 2 aromatic heterocycles. The van der Waals surface area contributed by atoms with Gasteiger partial charge in [-0.2, -0.15) is 0 Å². The van der Waals surface area contributed by atoms with Crippen LogP contribution in [0.15, 0.2) is 30.6 Å². The van der Waals surface area contributed by atoms with Crippen molar-refractivity contribution < 1.29 is 18.0 Å². The molecule has 1 aliphatic carbocycles. The Morgan fingerprint density at radius 3 is 2.62 bits per heavy atom. The number of anilines is 3. The molecule has 1 amide bonds. The molecule has 0 aromatic carbocycles. The van der Waals surface area contributed by atoms with Crippen LogP contribution in [0, 0.1) is 0 Å². The number of pyridine rings is 2. The summed E-state index contributed by atoms with van der Waals surface area (Å²) in [6.07, 6.45) is 4.46. The predicted octanol–water partition coefficient (Wildman–Crippen LogP) is 4.38. The van der Waals surface area contributed by atoms with Gasteiger partial charge in [-0.05, 0) is 38.3 Å². The Balaban J connectivity index is 1.90. The maximum atomic E-state index is 14.7. The van der Waals surface area contributed by atoms with Crippen LogP contribution in [-0.4, -0.2) is 34.6 Å². The van der Waals surface area contributed by atoms with Gasteiger partial charge in [-0.3, -0.25) is 4.79 Å². The van der Waals surface area contributed by atoms with Gasteiger partial charge in [0.15, 0.2) is 0 Å². The normalized spacial score (nSPS) is 21.7. The number of hydrogen-bond donors (Lipinski definition) is 3. The zero-order valence-corrected chi connectivity index (χ0v) is 16.5. The van der Waals surface area contributed by atoms with Crippen molar-refractivity contribution in [2.75, 3.05) is 17.7 Å². The van der Waals surface area contributed by atoms with Gasteiger partial charge in [-0.15, -0.1) is 0 Å². The van der Waals surface area contributed by atoms with Gasteiger partial charge in [0.1, 0.15) is 17.3 Å². The highest BCUT2D eigenvalue weighted by molar-refractivity contribution is 5.99. The van der Waals surface area contributed by atoms with E-state index in [9.17, 15) is 18.0 Å². The maximum Gasteiger partial charge on any atom is 0.270 e. The minimum atomic E-state index is -3.00. The lowest BCUT2D eigenvalue weighted by molar-refractivity contribution is 0.0174. The van der Waals surface area contributed by atoms with Gasteiger partial charge in [-0.25, -0.2) is 23.1 Å². The monoisotopic (exact) mass is 407 g/mol. The lowest BCUT2D eigenvalue weighted by atomic mass is 10.0. The summed E-state index contributed by atoms with van der Waals surface area (Å²) in [6, 6.07) is 3.58. The van der Waals surface area contributed by atoms with Crippen molar-refractivity contribution in [2.24, 2.45) is 0 Å². The van der Waals surface area contributed by atoms with E-state index < -0.39 is 17.6 Å². The minimum Gasteiger partial charge on any atom is -0.378 e. The number of aromatic nitrogens is 2. The molecule has 29 heavy (non-hydrogen) atoms. The summed E-state index contributed by atoms with van der Waals surface area (Å²) in [7, 11) is 1.49. The van der Waals surface area contributed by atoms with Gasteiger partial charge < -0.3 is 16.0 Å². The summed E-state index contributed by atoms with van der Waals surface area (Å²) in [5.74, 6) is -2.89. The van der Waals surface area contributed by atoms with Crippen LogP contribution in [0.1, 0.15) is 49.0 Å². The summed E-state index contributed by atoms with van der Waals surface area (Å²) < 4.78 is 41.8. The van der Waals surface area contributed by atoms with Crippen molar-refractivity contribution in [1.82, 2.24) is 15.3 Å². The fourth-order valence-corrected chi connectivity index (χ4v) is 3.40. The zero-order chi connectivity index (χ0) is 21.2. The van der Waals surface area contributed by atoms with E-state index in [1.807, 2.05) is 0 Å². The van der Waals surface area contributed by atoms with Crippen LogP contribution >= 0.6 is 0 Å².